The van der Waals surface area contributed by atoms with Crippen LogP contribution in [0.1, 0.15) is 45.7 Å². The van der Waals surface area contributed by atoms with Crippen molar-refractivity contribution in [3.8, 4) is 28.4 Å². The third-order valence-corrected chi connectivity index (χ3v) is 9.13. The van der Waals surface area contributed by atoms with E-state index in [-0.39, 0.29) is 56.2 Å². The van der Waals surface area contributed by atoms with Gasteiger partial charge in [-0.15, -0.1) is 0 Å². The number of carbonyl (C=O) groups is 2. The molecule has 9 nitrogen and oxygen atoms in total. The van der Waals surface area contributed by atoms with Crippen molar-refractivity contribution in [3.05, 3.63) is 166 Å². The minimum atomic E-state index is -4.50. The molecule has 0 spiro atoms. The van der Waals surface area contributed by atoms with E-state index in [2.05, 4.69) is 0 Å². The number of carbonyl (C=O) groups excluding carboxylic acids is 2. The third kappa shape index (κ3) is 7.82. The Hall–Kier alpha value is -6.26. The lowest BCUT2D eigenvalue weighted by Gasteiger charge is -2.17. The van der Waals surface area contributed by atoms with E-state index in [0.29, 0.717) is 11.1 Å². The maximum atomic E-state index is 14.4. The highest BCUT2D eigenvalue weighted by Gasteiger charge is 2.28. The topological polar surface area (TPSA) is 126 Å². The van der Waals surface area contributed by atoms with Gasteiger partial charge >= 0.3 is 22.1 Å². The smallest absolute Gasteiger partial charge is 0.343 e. The van der Waals surface area contributed by atoms with Crippen molar-refractivity contribution in [2.75, 3.05) is 0 Å². The number of allylic oxidation sites excluding steroid dienone is 2. The van der Waals surface area contributed by atoms with Gasteiger partial charge in [-0.05, 0) is 81.3 Å². The SMILES string of the molecule is CC(C)=CCc1c(OC(=O)c2ccccc2)cc2occ(-c3ccc(OC(=O)c4ccccc4)cc3)c(=O)c2c1OS(=O)(=O)c1ccc(C)cc1. The summed E-state index contributed by atoms with van der Waals surface area (Å²) in [4.78, 5) is 40.0. The maximum Gasteiger partial charge on any atom is 0.343 e. The van der Waals surface area contributed by atoms with Crippen molar-refractivity contribution >= 4 is 33.0 Å². The Morgan fingerprint density at radius 1 is 0.765 bits per heavy atom. The summed E-state index contributed by atoms with van der Waals surface area (Å²) >= 11 is 0. The van der Waals surface area contributed by atoms with Gasteiger partial charge in [0.15, 0.2) is 5.75 Å². The van der Waals surface area contributed by atoms with E-state index < -0.39 is 27.5 Å². The summed E-state index contributed by atoms with van der Waals surface area (Å²) in [5.74, 6) is -1.36. The van der Waals surface area contributed by atoms with Crippen LogP contribution >= 0.6 is 0 Å². The van der Waals surface area contributed by atoms with Crippen LogP contribution in [0.3, 0.4) is 0 Å². The Morgan fingerprint density at radius 3 is 1.94 bits per heavy atom. The molecule has 0 radical (unpaired) electrons. The monoisotopic (exact) mass is 700 g/mol. The molecule has 1 heterocycles. The summed E-state index contributed by atoms with van der Waals surface area (Å²) in [6.07, 6.45) is 3.08. The predicted octanol–water partition coefficient (Wildman–Crippen LogP) is 8.48. The fraction of sp³-hybridized carbons (Fsp3) is 0.0976. The number of benzene rings is 5. The number of rotatable bonds is 10. The molecule has 0 saturated heterocycles. The molecule has 5 aromatic carbocycles. The lowest BCUT2D eigenvalue weighted by molar-refractivity contribution is 0.0724. The summed E-state index contributed by atoms with van der Waals surface area (Å²) < 4.78 is 50.7. The summed E-state index contributed by atoms with van der Waals surface area (Å²) in [6, 6.07) is 30.5. The zero-order chi connectivity index (χ0) is 36.1. The molecule has 1 aromatic heterocycles. The van der Waals surface area contributed by atoms with Crippen LogP contribution in [0.4, 0.5) is 0 Å². The molecule has 0 N–H and O–H groups in total. The van der Waals surface area contributed by atoms with E-state index in [1.165, 1.54) is 36.6 Å². The lowest BCUT2D eigenvalue weighted by atomic mass is 10.0. The zero-order valence-electron chi connectivity index (χ0n) is 27.9. The fourth-order valence-corrected chi connectivity index (χ4v) is 6.16. The van der Waals surface area contributed by atoms with Gasteiger partial charge < -0.3 is 18.1 Å². The van der Waals surface area contributed by atoms with Gasteiger partial charge in [0.25, 0.3) is 0 Å². The molecule has 0 bridgehead atoms. The lowest BCUT2D eigenvalue weighted by Crippen LogP contribution is -2.16. The van der Waals surface area contributed by atoms with E-state index in [0.717, 1.165) is 11.1 Å². The van der Waals surface area contributed by atoms with Gasteiger partial charge in [0.05, 0.1) is 16.7 Å². The molecule has 0 aliphatic heterocycles. The van der Waals surface area contributed by atoms with Gasteiger partial charge in [-0.25, -0.2) is 9.59 Å². The molecular weight excluding hydrogens is 669 g/mol. The van der Waals surface area contributed by atoms with Crippen LogP contribution in [0.15, 0.2) is 147 Å². The Kier molecular flexibility index (Phi) is 9.97. The van der Waals surface area contributed by atoms with Crippen molar-refractivity contribution in [3.63, 3.8) is 0 Å². The van der Waals surface area contributed by atoms with Gasteiger partial charge in [0, 0.05) is 11.6 Å². The largest absolute Gasteiger partial charge is 0.463 e. The van der Waals surface area contributed by atoms with Gasteiger partial charge in [0.1, 0.15) is 33.6 Å². The van der Waals surface area contributed by atoms with Crippen LogP contribution in [0.25, 0.3) is 22.1 Å². The van der Waals surface area contributed by atoms with E-state index in [1.807, 2.05) is 20.8 Å². The molecule has 0 atom stereocenters. The fourth-order valence-electron chi connectivity index (χ4n) is 5.19. The summed E-state index contributed by atoms with van der Waals surface area (Å²) in [5, 5.41) is -0.167. The van der Waals surface area contributed by atoms with Crippen LogP contribution < -0.4 is 19.1 Å². The number of hydrogen-bond donors (Lipinski definition) is 0. The average molecular weight is 701 g/mol. The van der Waals surface area contributed by atoms with Crippen LogP contribution in [-0.2, 0) is 16.5 Å². The van der Waals surface area contributed by atoms with Crippen LogP contribution in [0, 0.1) is 6.92 Å². The third-order valence-electron chi connectivity index (χ3n) is 7.90. The molecule has 6 aromatic rings. The van der Waals surface area contributed by atoms with Crippen molar-refractivity contribution in [2.45, 2.75) is 32.1 Å². The van der Waals surface area contributed by atoms with E-state index in [4.69, 9.17) is 18.1 Å². The molecule has 10 heteroatoms. The highest BCUT2D eigenvalue weighted by Crippen LogP contribution is 2.39. The Bertz CT molecular complexity index is 2430. The van der Waals surface area contributed by atoms with Crippen LogP contribution in [0.5, 0.6) is 17.2 Å². The molecular formula is C41H32O9S. The van der Waals surface area contributed by atoms with Crippen molar-refractivity contribution < 1.29 is 36.1 Å². The molecule has 6 rings (SSSR count). The molecule has 0 fully saturated rings. The predicted molar refractivity (Wildman–Crippen MR) is 193 cm³/mol. The standard InChI is InChI=1S/C41H32O9S/c1-26(2)14-23-33-35(49-41(44)30-12-8-5-9-13-30)24-36-37(39(33)50-51(45,46)32-21-15-27(3)16-22-32)38(42)34(25-47-36)28-17-19-31(20-18-28)48-40(43)29-10-6-4-7-11-29/h4-22,24-25H,23H2,1-3H3. The minimum absolute atomic E-state index is 0.0385. The number of hydrogen-bond acceptors (Lipinski definition) is 9. The molecule has 256 valence electrons. The van der Waals surface area contributed by atoms with Gasteiger partial charge in [0.2, 0.25) is 5.43 Å². The van der Waals surface area contributed by atoms with Crippen molar-refractivity contribution in [2.24, 2.45) is 0 Å². The maximum absolute atomic E-state index is 14.4. The van der Waals surface area contributed by atoms with E-state index >= 15 is 0 Å². The van der Waals surface area contributed by atoms with E-state index in [1.54, 1.807) is 91.0 Å². The first kappa shape index (κ1) is 34.6. The summed E-state index contributed by atoms with van der Waals surface area (Å²) in [7, 11) is -4.50. The number of ether oxygens (including phenoxy) is 2. The second-order valence-corrected chi connectivity index (χ2v) is 13.5. The van der Waals surface area contributed by atoms with Crippen LogP contribution in [0.2, 0.25) is 0 Å². The first-order valence-corrected chi connectivity index (χ1v) is 17.3. The van der Waals surface area contributed by atoms with Gasteiger partial charge in [-0.2, -0.15) is 8.42 Å². The number of aryl methyl sites for hydroxylation is 1. The molecule has 0 unspecified atom stereocenters. The minimum Gasteiger partial charge on any atom is -0.463 e. The second kappa shape index (κ2) is 14.7. The first-order chi connectivity index (χ1) is 24.5. The summed E-state index contributed by atoms with van der Waals surface area (Å²) in [5.41, 5.74) is 2.34. The molecule has 0 amide bonds. The quantitative estimate of drug-likeness (QED) is 0.0599. The van der Waals surface area contributed by atoms with Gasteiger partial charge in [-0.3, -0.25) is 4.79 Å². The van der Waals surface area contributed by atoms with E-state index in [9.17, 15) is 22.8 Å². The first-order valence-electron chi connectivity index (χ1n) is 15.9. The van der Waals surface area contributed by atoms with Crippen LogP contribution in [-0.4, -0.2) is 20.4 Å². The Balaban J connectivity index is 1.50. The zero-order valence-corrected chi connectivity index (χ0v) is 28.7. The highest BCUT2D eigenvalue weighted by atomic mass is 32.2. The normalized spacial score (nSPS) is 11.1. The molecule has 51 heavy (non-hydrogen) atoms. The second-order valence-electron chi connectivity index (χ2n) is 11.9. The van der Waals surface area contributed by atoms with Crippen molar-refractivity contribution in [1.82, 2.24) is 0 Å². The molecule has 0 saturated carbocycles. The molecule has 0 aliphatic carbocycles. The number of fused-ring (bicyclic) bond motifs is 1. The van der Waals surface area contributed by atoms with Crippen molar-refractivity contribution in [1.29, 1.82) is 0 Å². The van der Waals surface area contributed by atoms with Gasteiger partial charge in [-0.1, -0.05) is 77.9 Å². The summed E-state index contributed by atoms with van der Waals surface area (Å²) in [6.45, 7) is 5.53. The Labute approximate surface area is 294 Å². The Morgan fingerprint density at radius 2 is 1.35 bits per heavy atom. The molecule has 0 aliphatic rings. The average Bonchev–Trinajstić information content (AvgIpc) is 3.12. The highest BCUT2D eigenvalue weighted by molar-refractivity contribution is 7.87. The number of esters is 2.